The molecule has 0 heterocycles. The molecular formula is C16H16ClFO2. The minimum Gasteiger partial charge on any atom is -0.486 e. The van der Waals surface area contributed by atoms with Gasteiger partial charge in [0.2, 0.25) is 0 Å². The van der Waals surface area contributed by atoms with Crippen LogP contribution in [-0.2, 0) is 6.61 Å². The molecule has 0 saturated carbocycles. The number of halogens is 2. The second-order valence-electron chi connectivity index (χ2n) is 4.75. The molecule has 2 rings (SSSR count). The zero-order valence-corrected chi connectivity index (χ0v) is 12.1. The van der Waals surface area contributed by atoms with Gasteiger partial charge in [0.05, 0.1) is 6.10 Å². The van der Waals surface area contributed by atoms with E-state index in [0.29, 0.717) is 10.6 Å². The molecule has 0 saturated heterocycles. The molecule has 2 aromatic carbocycles. The fraction of sp³-hybridized carbons (Fsp3) is 0.250. The first-order valence-electron chi connectivity index (χ1n) is 6.32. The minimum atomic E-state index is -0.704. The Labute approximate surface area is 122 Å². The monoisotopic (exact) mass is 294 g/mol. The standard InChI is InChI=1S/C16H16ClFO2/c1-10-3-4-13(14(17)7-10)9-20-16-6-5-12(11(2)19)8-15(16)18/h3-8,11,19H,9H2,1-2H3/t11-/m0/s1. The number of rotatable bonds is 4. The van der Waals surface area contributed by atoms with Gasteiger partial charge < -0.3 is 9.84 Å². The fourth-order valence-corrected chi connectivity index (χ4v) is 2.11. The number of ether oxygens (including phenoxy) is 1. The number of aryl methyl sites for hydroxylation is 1. The molecule has 0 aliphatic rings. The third-order valence-electron chi connectivity index (χ3n) is 3.03. The Morgan fingerprint density at radius 3 is 2.60 bits per heavy atom. The van der Waals surface area contributed by atoms with Crippen LogP contribution in [0.1, 0.15) is 29.7 Å². The molecule has 0 fully saturated rings. The summed E-state index contributed by atoms with van der Waals surface area (Å²) in [7, 11) is 0. The van der Waals surface area contributed by atoms with Crippen molar-refractivity contribution >= 4 is 11.6 Å². The normalized spacial score (nSPS) is 12.2. The average molecular weight is 295 g/mol. The van der Waals surface area contributed by atoms with Gasteiger partial charge in [-0.05, 0) is 43.2 Å². The van der Waals surface area contributed by atoms with Crippen LogP contribution in [0.4, 0.5) is 4.39 Å². The summed E-state index contributed by atoms with van der Waals surface area (Å²) in [5.74, 6) is -0.349. The van der Waals surface area contributed by atoms with Gasteiger partial charge in [0.15, 0.2) is 11.6 Å². The largest absolute Gasteiger partial charge is 0.486 e. The van der Waals surface area contributed by atoms with Gasteiger partial charge in [-0.1, -0.05) is 29.8 Å². The molecule has 0 spiro atoms. The number of benzene rings is 2. The van der Waals surface area contributed by atoms with Crippen LogP contribution in [0.3, 0.4) is 0 Å². The molecule has 0 aliphatic heterocycles. The first-order valence-corrected chi connectivity index (χ1v) is 6.70. The van der Waals surface area contributed by atoms with Gasteiger partial charge in [-0.15, -0.1) is 0 Å². The van der Waals surface area contributed by atoms with E-state index in [9.17, 15) is 9.50 Å². The summed E-state index contributed by atoms with van der Waals surface area (Å²) in [6.07, 6.45) is -0.704. The second kappa shape index (κ2) is 6.25. The topological polar surface area (TPSA) is 29.5 Å². The summed E-state index contributed by atoms with van der Waals surface area (Å²) in [4.78, 5) is 0. The third kappa shape index (κ3) is 3.50. The van der Waals surface area contributed by atoms with Crippen LogP contribution in [0.25, 0.3) is 0 Å². The molecule has 1 atom stereocenters. The number of aliphatic hydroxyl groups is 1. The molecule has 20 heavy (non-hydrogen) atoms. The van der Waals surface area contributed by atoms with Crippen LogP contribution in [-0.4, -0.2) is 5.11 Å². The van der Waals surface area contributed by atoms with Gasteiger partial charge in [0.1, 0.15) is 6.61 Å². The molecule has 0 unspecified atom stereocenters. The number of hydrogen-bond acceptors (Lipinski definition) is 2. The molecule has 0 aromatic heterocycles. The summed E-state index contributed by atoms with van der Waals surface area (Å²) in [5, 5.41) is 9.99. The first-order chi connectivity index (χ1) is 9.47. The van der Waals surface area contributed by atoms with E-state index in [4.69, 9.17) is 16.3 Å². The zero-order chi connectivity index (χ0) is 14.7. The summed E-state index contributed by atoms with van der Waals surface area (Å²) < 4.78 is 19.2. The fourth-order valence-electron chi connectivity index (χ4n) is 1.82. The van der Waals surface area contributed by atoms with Crippen molar-refractivity contribution in [3.05, 3.63) is 63.9 Å². The minimum absolute atomic E-state index is 0.144. The Morgan fingerprint density at radius 1 is 1.25 bits per heavy atom. The maximum absolute atomic E-state index is 13.8. The van der Waals surface area contributed by atoms with Gasteiger partial charge in [-0.25, -0.2) is 4.39 Å². The van der Waals surface area contributed by atoms with E-state index in [1.165, 1.54) is 12.1 Å². The quantitative estimate of drug-likeness (QED) is 0.904. The molecule has 0 aliphatic carbocycles. The number of aliphatic hydroxyl groups excluding tert-OH is 1. The lowest BCUT2D eigenvalue weighted by molar-refractivity contribution is 0.198. The molecule has 2 nitrogen and oxygen atoms in total. The highest BCUT2D eigenvalue weighted by Crippen LogP contribution is 2.24. The van der Waals surface area contributed by atoms with Crippen molar-refractivity contribution in [2.75, 3.05) is 0 Å². The Morgan fingerprint density at radius 2 is 2.00 bits per heavy atom. The van der Waals surface area contributed by atoms with E-state index in [1.807, 2.05) is 25.1 Å². The van der Waals surface area contributed by atoms with Crippen molar-refractivity contribution in [1.82, 2.24) is 0 Å². The van der Waals surface area contributed by atoms with Crippen molar-refractivity contribution < 1.29 is 14.2 Å². The maximum Gasteiger partial charge on any atom is 0.165 e. The van der Waals surface area contributed by atoms with E-state index < -0.39 is 11.9 Å². The molecular weight excluding hydrogens is 279 g/mol. The van der Waals surface area contributed by atoms with E-state index in [-0.39, 0.29) is 12.4 Å². The molecule has 4 heteroatoms. The predicted octanol–water partition coefficient (Wildman–Crippen LogP) is 4.42. The Hall–Kier alpha value is -1.58. The highest BCUT2D eigenvalue weighted by molar-refractivity contribution is 6.31. The van der Waals surface area contributed by atoms with Crippen molar-refractivity contribution in [2.45, 2.75) is 26.6 Å². The summed E-state index contributed by atoms with van der Waals surface area (Å²) >= 11 is 6.10. The van der Waals surface area contributed by atoms with E-state index in [1.54, 1.807) is 13.0 Å². The SMILES string of the molecule is Cc1ccc(COc2ccc([C@H](C)O)cc2F)c(Cl)c1. The van der Waals surface area contributed by atoms with Crippen molar-refractivity contribution in [3.63, 3.8) is 0 Å². The molecule has 0 radical (unpaired) electrons. The third-order valence-corrected chi connectivity index (χ3v) is 3.38. The highest BCUT2D eigenvalue weighted by Gasteiger charge is 2.09. The molecule has 106 valence electrons. The molecule has 0 bridgehead atoms. The smallest absolute Gasteiger partial charge is 0.165 e. The lowest BCUT2D eigenvalue weighted by Crippen LogP contribution is -2.00. The molecule has 1 N–H and O–H groups in total. The van der Waals surface area contributed by atoms with Crippen molar-refractivity contribution in [3.8, 4) is 5.75 Å². The van der Waals surface area contributed by atoms with Crippen LogP contribution < -0.4 is 4.74 Å². The van der Waals surface area contributed by atoms with Gasteiger partial charge in [0.25, 0.3) is 0 Å². The van der Waals surface area contributed by atoms with E-state index in [2.05, 4.69) is 0 Å². The highest BCUT2D eigenvalue weighted by atomic mass is 35.5. The summed E-state index contributed by atoms with van der Waals surface area (Å²) in [5.41, 5.74) is 2.38. The van der Waals surface area contributed by atoms with Crippen LogP contribution in [0.5, 0.6) is 5.75 Å². The lowest BCUT2D eigenvalue weighted by Gasteiger charge is -2.11. The predicted molar refractivity (Wildman–Crippen MR) is 77.6 cm³/mol. The molecule has 0 amide bonds. The lowest BCUT2D eigenvalue weighted by atomic mass is 10.1. The first kappa shape index (κ1) is 14.8. The van der Waals surface area contributed by atoms with Crippen molar-refractivity contribution in [1.29, 1.82) is 0 Å². The number of hydrogen-bond donors (Lipinski definition) is 1. The zero-order valence-electron chi connectivity index (χ0n) is 11.4. The van der Waals surface area contributed by atoms with Gasteiger partial charge in [-0.3, -0.25) is 0 Å². The summed E-state index contributed by atoms with van der Waals surface area (Å²) in [6.45, 7) is 3.73. The van der Waals surface area contributed by atoms with Gasteiger partial charge >= 0.3 is 0 Å². The van der Waals surface area contributed by atoms with E-state index >= 15 is 0 Å². The van der Waals surface area contributed by atoms with Crippen LogP contribution in [0.2, 0.25) is 5.02 Å². The second-order valence-corrected chi connectivity index (χ2v) is 5.16. The maximum atomic E-state index is 13.8. The molecule has 2 aromatic rings. The summed E-state index contributed by atoms with van der Waals surface area (Å²) in [6, 6.07) is 10.1. The van der Waals surface area contributed by atoms with Crippen LogP contribution in [0.15, 0.2) is 36.4 Å². The van der Waals surface area contributed by atoms with E-state index in [0.717, 1.165) is 11.1 Å². The van der Waals surface area contributed by atoms with Crippen LogP contribution >= 0.6 is 11.6 Å². The Kier molecular flexibility index (Phi) is 4.63. The van der Waals surface area contributed by atoms with Crippen molar-refractivity contribution in [2.24, 2.45) is 0 Å². The Bertz CT molecular complexity index is 611. The van der Waals surface area contributed by atoms with Gasteiger partial charge in [0, 0.05) is 10.6 Å². The van der Waals surface area contributed by atoms with Gasteiger partial charge in [-0.2, -0.15) is 0 Å². The average Bonchev–Trinajstić information content (AvgIpc) is 2.38. The Balaban J connectivity index is 2.11. The van der Waals surface area contributed by atoms with Crippen LogP contribution in [0, 0.1) is 12.7 Å².